The maximum absolute atomic E-state index is 11.5. The zero-order valence-corrected chi connectivity index (χ0v) is 12.2. The molecule has 1 N–H and O–H groups in total. The molecular weight excluding hydrogens is 288 g/mol. The molecular formula is C18H12N4O. The highest BCUT2D eigenvalue weighted by Crippen LogP contribution is 2.30. The quantitative estimate of drug-likeness (QED) is 0.791. The molecule has 0 atom stereocenters. The Morgan fingerprint density at radius 3 is 2.96 bits per heavy atom. The summed E-state index contributed by atoms with van der Waals surface area (Å²) in [5.41, 5.74) is 5.19. The average molecular weight is 300 g/mol. The van der Waals surface area contributed by atoms with Crippen molar-refractivity contribution >= 4 is 11.6 Å². The van der Waals surface area contributed by atoms with Gasteiger partial charge in [-0.2, -0.15) is 10.4 Å². The third-order valence-electron chi connectivity index (χ3n) is 3.89. The molecule has 0 fully saturated rings. The lowest BCUT2D eigenvalue weighted by Crippen LogP contribution is -2.03. The second-order valence-corrected chi connectivity index (χ2v) is 5.39. The zero-order valence-electron chi connectivity index (χ0n) is 12.2. The highest BCUT2D eigenvalue weighted by Gasteiger charge is 2.18. The van der Waals surface area contributed by atoms with Crippen LogP contribution in [-0.2, 0) is 11.2 Å². The van der Waals surface area contributed by atoms with Gasteiger partial charge >= 0.3 is 0 Å². The van der Waals surface area contributed by atoms with Crippen LogP contribution < -0.4 is 5.32 Å². The minimum atomic E-state index is 0.0207. The minimum absolute atomic E-state index is 0.0207. The summed E-state index contributed by atoms with van der Waals surface area (Å²) < 4.78 is 1.80. The van der Waals surface area contributed by atoms with Crippen LogP contribution in [0.4, 0.5) is 5.69 Å². The minimum Gasteiger partial charge on any atom is -0.326 e. The fourth-order valence-electron chi connectivity index (χ4n) is 2.82. The van der Waals surface area contributed by atoms with E-state index in [1.165, 1.54) is 0 Å². The number of carbonyl (C=O) groups is 1. The Balaban J connectivity index is 1.80. The Morgan fingerprint density at radius 1 is 1.17 bits per heavy atom. The third kappa shape index (κ3) is 2.27. The molecule has 0 saturated carbocycles. The predicted molar refractivity (Wildman–Crippen MR) is 86.0 cm³/mol. The number of carbonyl (C=O) groups excluding carboxylic acids is 1. The van der Waals surface area contributed by atoms with Crippen LogP contribution in [0, 0.1) is 11.3 Å². The van der Waals surface area contributed by atoms with Crippen molar-refractivity contribution in [3.8, 4) is 23.0 Å². The van der Waals surface area contributed by atoms with E-state index < -0.39 is 0 Å². The van der Waals surface area contributed by atoms with E-state index in [0.29, 0.717) is 12.0 Å². The maximum atomic E-state index is 11.5. The van der Waals surface area contributed by atoms with E-state index in [1.807, 2.05) is 36.4 Å². The van der Waals surface area contributed by atoms with E-state index in [-0.39, 0.29) is 5.91 Å². The van der Waals surface area contributed by atoms with E-state index in [0.717, 1.165) is 28.2 Å². The third-order valence-corrected chi connectivity index (χ3v) is 3.89. The normalized spacial score (nSPS) is 12.6. The van der Waals surface area contributed by atoms with Gasteiger partial charge < -0.3 is 5.32 Å². The molecule has 2 aromatic carbocycles. The molecule has 1 amide bonds. The van der Waals surface area contributed by atoms with Crippen molar-refractivity contribution in [3.63, 3.8) is 0 Å². The zero-order chi connectivity index (χ0) is 15.8. The Bertz CT molecular complexity index is 965. The molecule has 110 valence electrons. The van der Waals surface area contributed by atoms with Crippen LogP contribution in [0.25, 0.3) is 16.9 Å². The van der Waals surface area contributed by atoms with Crippen molar-refractivity contribution in [1.29, 1.82) is 5.26 Å². The number of aromatic nitrogens is 2. The summed E-state index contributed by atoms with van der Waals surface area (Å²) >= 11 is 0. The first-order valence-electron chi connectivity index (χ1n) is 7.22. The van der Waals surface area contributed by atoms with Crippen LogP contribution in [0.1, 0.15) is 11.1 Å². The molecule has 0 unspecified atom stereocenters. The lowest BCUT2D eigenvalue weighted by atomic mass is 10.1. The molecule has 1 aliphatic heterocycles. The SMILES string of the molecule is N#Cc1cccc(-n2nccc2-c2ccc3c(c2)CC(=O)N3)c1. The summed E-state index contributed by atoms with van der Waals surface area (Å²) in [7, 11) is 0. The number of nitrogens with zero attached hydrogens (tertiary/aromatic N) is 3. The second kappa shape index (κ2) is 5.11. The van der Waals surface area contributed by atoms with E-state index in [1.54, 1.807) is 23.0 Å². The Kier molecular flexibility index (Phi) is 2.95. The van der Waals surface area contributed by atoms with Crippen molar-refractivity contribution in [1.82, 2.24) is 9.78 Å². The van der Waals surface area contributed by atoms with Crippen molar-refractivity contribution < 1.29 is 4.79 Å². The maximum Gasteiger partial charge on any atom is 0.228 e. The van der Waals surface area contributed by atoms with Gasteiger partial charge in [0.1, 0.15) is 0 Å². The number of hydrogen-bond acceptors (Lipinski definition) is 3. The number of amides is 1. The van der Waals surface area contributed by atoms with E-state index in [2.05, 4.69) is 16.5 Å². The predicted octanol–water partition coefficient (Wildman–Crippen LogP) is 2.91. The summed E-state index contributed by atoms with van der Waals surface area (Å²) in [5.74, 6) is 0.0207. The number of nitriles is 1. The second-order valence-electron chi connectivity index (χ2n) is 5.39. The molecule has 5 heteroatoms. The molecule has 5 nitrogen and oxygen atoms in total. The number of fused-ring (bicyclic) bond motifs is 1. The van der Waals surface area contributed by atoms with Gasteiger partial charge in [0.2, 0.25) is 5.91 Å². The number of hydrogen-bond donors (Lipinski definition) is 1. The van der Waals surface area contributed by atoms with Crippen molar-refractivity contribution in [3.05, 3.63) is 65.9 Å². The van der Waals surface area contributed by atoms with Gasteiger partial charge in [-0.15, -0.1) is 0 Å². The summed E-state index contributed by atoms with van der Waals surface area (Å²) in [6, 6.07) is 17.3. The lowest BCUT2D eigenvalue weighted by molar-refractivity contribution is -0.115. The molecule has 0 radical (unpaired) electrons. The van der Waals surface area contributed by atoms with Crippen molar-refractivity contribution in [2.24, 2.45) is 0 Å². The molecule has 0 aliphatic carbocycles. The standard InChI is InChI=1S/C18H12N4O/c19-11-12-2-1-3-15(8-12)22-17(6-7-20-22)13-4-5-16-14(9-13)10-18(23)21-16/h1-9H,10H2,(H,21,23). The summed E-state index contributed by atoms with van der Waals surface area (Å²) in [6.07, 6.45) is 2.13. The fourth-order valence-corrected chi connectivity index (χ4v) is 2.82. The van der Waals surface area contributed by atoms with Crippen LogP contribution in [0.3, 0.4) is 0 Å². The summed E-state index contributed by atoms with van der Waals surface area (Å²) in [4.78, 5) is 11.5. The summed E-state index contributed by atoms with van der Waals surface area (Å²) in [5, 5.41) is 16.3. The average Bonchev–Trinajstić information content (AvgIpc) is 3.19. The van der Waals surface area contributed by atoms with Gasteiger partial charge in [0, 0.05) is 11.3 Å². The first kappa shape index (κ1) is 13.3. The first-order chi connectivity index (χ1) is 11.2. The largest absolute Gasteiger partial charge is 0.326 e. The Morgan fingerprint density at radius 2 is 2.09 bits per heavy atom. The lowest BCUT2D eigenvalue weighted by Gasteiger charge is -2.09. The van der Waals surface area contributed by atoms with Gasteiger partial charge in [-0.1, -0.05) is 12.1 Å². The van der Waals surface area contributed by atoms with E-state index >= 15 is 0 Å². The van der Waals surface area contributed by atoms with Crippen LogP contribution in [0.5, 0.6) is 0 Å². The van der Waals surface area contributed by atoms with Crippen LogP contribution in [0.15, 0.2) is 54.7 Å². The molecule has 0 bridgehead atoms. The molecule has 1 aromatic heterocycles. The van der Waals surface area contributed by atoms with E-state index in [4.69, 9.17) is 5.26 Å². The Labute approximate surface area is 132 Å². The van der Waals surface area contributed by atoms with Crippen molar-refractivity contribution in [2.45, 2.75) is 6.42 Å². The van der Waals surface area contributed by atoms with Crippen LogP contribution >= 0.6 is 0 Å². The molecule has 0 saturated heterocycles. The highest BCUT2D eigenvalue weighted by atomic mass is 16.1. The number of benzene rings is 2. The van der Waals surface area contributed by atoms with Gasteiger partial charge in [0.25, 0.3) is 0 Å². The van der Waals surface area contributed by atoms with Gasteiger partial charge in [-0.05, 0) is 42.0 Å². The fraction of sp³-hybridized carbons (Fsp3) is 0.0556. The molecule has 23 heavy (non-hydrogen) atoms. The molecule has 4 rings (SSSR count). The number of anilines is 1. The molecule has 2 heterocycles. The van der Waals surface area contributed by atoms with Gasteiger partial charge in [-0.3, -0.25) is 4.79 Å². The smallest absolute Gasteiger partial charge is 0.228 e. The highest BCUT2D eigenvalue weighted by molar-refractivity contribution is 5.99. The van der Waals surface area contributed by atoms with Crippen LogP contribution in [0.2, 0.25) is 0 Å². The Hall–Kier alpha value is -3.39. The van der Waals surface area contributed by atoms with Gasteiger partial charge in [0.15, 0.2) is 0 Å². The van der Waals surface area contributed by atoms with Gasteiger partial charge in [-0.25, -0.2) is 4.68 Å². The van der Waals surface area contributed by atoms with Gasteiger partial charge in [0.05, 0.1) is 35.6 Å². The molecule has 3 aromatic rings. The molecule has 0 spiro atoms. The number of rotatable bonds is 2. The monoisotopic (exact) mass is 300 g/mol. The number of nitrogens with one attached hydrogen (secondary N) is 1. The van der Waals surface area contributed by atoms with E-state index in [9.17, 15) is 4.79 Å². The van der Waals surface area contributed by atoms with Crippen LogP contribution in [-0.4, -0.2) is 15.7 Å². The topological polar surface area (TPSA) is 70.7 Å². The van der Waals surface area contributed by atoms with Crippen molar-refractivity contribution in [2.75, 3.05) is 5.32 Å². The molecule has 1 aliphatic rings. The first-order valence-corrected chi connectivity index (χ1v) is 7.22. The summed E-state index contributed by atoms with van der Waals surface area (Å²) in [6.45, 7) is 0.